The molecule has 0 bridgehead atoms. The summed E-state index contributed by atoms with van der Waals surface area (Å²) in [5.74, 6) is -0.583. The highest BCUT2D eigenvalue weighted by Crippen LogP contribution is 2.38. The fraction of sp³-hybridized carbons (Fsp3) is 0.579. The monoisotopic (exact) mass is 374 g/mol. The SMILES string of the molecule is NCCC[C@H](NC(=O)C1(C(=O)NCCc2ccccc2)CCCC1)O[B]O. The maximum atomic E-state index is 12.9. The second-order valence-electron chi connectivity index (χ2n) is 6.92. The molecule has 1 fully saturated rings. The van der Waals surface area contributed by atoms with Crippen LogP contribution in [-0.2, 0) is 20.7 Å². The van der Waals surface area contributed by atoms with Crippen LogP contribution in [0.1, 0.15) is 44.1 Å². The zero-order valence-electron chi connectivity index (χ0n) is 15.7. The summed E-state index contributed by atoms with van der Waals surface area (Å²) in [6.45, 7) is 0.932. The van der Waals surface area contributed by atoms with Crippen LogP contribution >= 0.6 is 0 Å². The topological polar surface area (TPSA) is 114 Å². The van der Waals surface area contributed by atoms with Gasteiger partial charge in [0, 0.05) is 6.54 Å². The summed E-state index contributed by atoms with van der Waals surface area (Å²) in [5.41, 5.74) is 5.56. The van der Waals surface area contributed by atoms with E-state index in [9.17, 15) is 9.59 Å². The lowest BCUT2D eigenvalue weighted by Crippen LogP contribution is -2.53. The normalized spacial score (nSPS) is 16.5. The van der Waals surface area contributed by atoms with Crippen molar-refractivity contribution in [1.82, 2.24) is 10.6 Å². The summed E-state index contributed by atoms with van der Waals surface area (Å²) in [7, 11) is 0.558. The smallest absolute Gasteiger partial charge is 0.429 e. The number of nitrogens with one attached hydrogen (secondary N) is 2. The molecule has 5 N–H and O–H groups in total. The van der Waals surface area contributed by atoms with Crippen LogP contribution in [0.15, 0.2) is 30.3 Å². The zero-order chi connectivity index (χ0) is 19.5. The second kappa shape index (κ2) is 11.1. The average molecular weight is 374 g/mol. The van der Waals surface area contributed by atoms with Gasteiger partial charge in [-0.15, -0.1) is 0 Å². The lowest BCUT2D eigenvalue weighted by Gasteiger charge is -2.29. The lowest BCUT2D eigenvalue weighted by molar-refractivity contribution is -0.145. The first kappa shape index (κ1) is 21.4. The standard InChI is InChI=1S/C19H29BN3O4/c21-13-6-9-16(27-20-26)23-18(25)19(11-4-5-12-19)17(24)22-14-10-15-7-2-1-3-8-15/h1-3,7-8,16,26H,4-6,9-14,21H2,(H,22,24)(H,23,25)/t16-/m1/s1. The van der Waals surface area contributed by atoms with Gasteiger partial charge in [-0.2, -0.15) is 0 Å². The van der Waals surface area contributed by atoms with E-state index in [4.69, 9.17) is 15.4 Å². The van der Waals surface area contributed by atoms with Gasteiger partial charge in [-0.1, -0.05) is 43.2 Å². The molecule has 0 saturated heterocycles. The predicted molar refractivity (Wildman–Crippen MR) is 103 cm³/mol. The molecule has 1 atom stereocenters. The summed E-state index contributed by atoms with van der Waals surface area (Å²) in [6.07, 6.45) is 3.82. The number of nitrogens with two attached hydrogens (primary N) is 1. The largest absolute Gasteiger partial charge is 0.486 e. The number of amides is 2. The van der Waals surface area contributed by atoms with E-state index in [2.05, 4.69) is 10.6 Å². The van der Waals surface area contributed by atoms with E-state index in [-0.39, 0.29) is 11.8 Å². The van der Waals surface area contributed by atoms with Crippen LogP contribution in [0.4, 0.5) is 0 Å². The summed E-state index contributed by atoms with van der Waals surface area (Å²) >= 11 is 0. The molecule has 1 aliphatic carbocycles. The molecule has 1 saturated carbocycles. The minimum atomic E-state index is -1.07. The number of hydrogen-bond donors (Lipinski definition) is 4. The summed E-state index contributed by atoms with van der Waals surface area (Å²) in [6, 6.07) is 9.89. The molecule has 1 aromatic carbocycles. The number of benzene rings is 1. The van der Waals surface area contributed by atoms with Gasteiger partial charge in [-0.3, -0.25) is 9.59 Å². The van der Waals surface area contributed by atoms with Gasteiger partial charge >= 0.3 is 7.69 Å². The lowest BCUT2D eigenvalue weighted by atomic mass is 9.83. The third-order valence-corrected chi connectivity index (χ3v) is 5.06. The molecule has 0 unspecified atom stereocenters. The van der Waals surface area contributed by atoms with Crippen molar-refractivity contribution in [2.24, 2.45) is 11.1 Å². The Hall–Kier alpha value is -1.90. The predicted octanol–water partition coefficient (Wildman–Crippen LogP) is 0.630. The molecule has 8 heteroatoms. The molecule has 27 heavy (non-hydrogen) atoms. The van der Waals surface area contributed by atoms with Crippen LogP contribution in [0.2, 0.25) is 0 Å². The molecule has 0 spiro atoms. The van der Waals surface area contributed by atoms with Gasteiger partial charge < -0.3 is 26.0 Å². The number of carbonyl (C=O) groups is 2. The van der Waals surface area contributed by atoms with Gasteiger partial charge in [0.25, 0.3) is 0 Å². The Kier molecular flexibility index (Phi) is 8.77. The van der Waals surface area contributed by atoms with E-state index < -0.39 is 11.6 Å². The number of carbonyl (C=O) groups excluding carboxylic acids is 2. The van der Waals surface area contributed by atoms with Crippen LogP contribution in [0, 0.1) is 5.41 Å². The van der Waals surface area contributed by atoms with Gasteiger partial charge in [-0.05, 0) is 44.2 Å². The molecule has 0 aliphatic heterocycles. The van der Waals surface area contributed by atoms with Gasteiger partial charge in [0.05, 0.1) is 0 Å². The van der Waals surface area contributed by atoms with Crippen LogP contribution in [0.3, 0.4) is 0 Å². The molecule has 1 radical (unpaired) electrons. The maximum absolute atomic E-state index is 12.9. The molecule has 0 heterocycles. The first-order chi connectivity index (χ1) is 13.1. The van der Waals surface area contributed by atoms with Crippen molar-refractivity contribution in [3.63, 3.8) is 0 Å². The fourth-order valence-corrected chi connectivity index (χ4v) is 3.51. The van der Waals surface area contributed by atoms with Crippen LogP contribution in [0.25, 0.3) is 0 Å². The van der Waals surface area contributed by atoms with Crippen molar-refractivity contribution < 1.29 is 19.3 Å². The minimum absolute atomic E-state index is 0.237. The second-order valence-corrected chi connectivity index (χ2v) is 6.92. The molecule has 0 aromatic heterocycles. The number of rotatable bonds is 11. The van der Waals surface area contributed by atoms with Crippen LogP contribution in [-0.4, -0.2) is 43.8 Å². The highest BCUT2D eigenvalue weighted by Gasteiger charge is 2.48. The van der Waals surface area contributed by atoms with E-state index in [0.717, 1.165) is 18.4 Å². The Morgan fingerprint density at radius 1 is 1.22 bits per heavy atom. The molecular formula is C19H29BN3O4. The van der Waals surface area contributed by atoms with Crippen LogP contribution < -0.4 is 16.4 Å². The van der Waals surface area contributed by atoms with Crippen molar-refractivity contribution in [1.29, 1.82) is 0 Å². The highest BCUT2D eigenvalue weighted by molar-refractivity contribution is 6.16. The Balaban J connectivity index is 1.95. The molecule has 2 rings (SSSR count). The van der Waals surface area contributed by atoms with Gasteiger partial charge in [0.15, 0.2) is 0 Å². The highest BCUT2D eigenvalue weighted by atomic mass is 16.5. The average Bonchev–Trinajstić information content (AvgIpc) is 3.18. The maximum Gasteiger partial charge on any atom is 0.486 e. The van der Waals surface area contributed by atoms with E-state index in [1.807, 2.05) is 30.3 Å². The summed E-state index contributed by atoms with van der Waals surface area (Å²) in [4.78, 5) is 25.8. The van der Waals surface area contributed by atoms with E-state index in [1.54, 1.807) is 0 Å². The quantitative estimate of drug-likeness (QED) is 0.258. The third-order valence-electron chi connectivity index (χ3n) is 5.06. The first-order valence-electron chi connectivity index (χ1n) is 9.57. The van der Waals surface area contributed by atoms with Gasteiger partial charge in [0.1, 0.15) is 11.6 Å². The van der Waals surface area contributed by atoms with Gasteiger partial charge in [-0.25, -0.2) is 0 Å². The van der Waals surface area contributed by atoms with Crippen molar-refractivity contribution in [3.05, 3.63) is 35.9 Å². The summed E-state index contributed by atoms with van der Waals surface area (Å²) in [5, 5.41) is 14.6. The van der Waals surface area contributed by atoms with E-state index in [0.29, 0.717) is 52.9 Å². The van der Waals surface area contributed by atoms with Crippen molar-refractivity contribution in [2.75, 3.05) is 13.1 Å². The molecular weight excluding hydrogens is 345 g/mol. The molecule has 1 aliphatic rings. The number of hydrogen-bond acceptors (Lipinski definition) is 5. The van der Waals surface area contributed by atoms with E-state index in [1.165, 1.54) is 0 Å². The van der Waals surface area contributed by atoms with Gasteiger partial charge in [0.2, 0.25) is 11.8 Å². The zero-order valence-corrected chi connectivity index (χ0v) is 15.7. The van der Waals surface area contributed by atoms with Crippen LogP contribution in [0.5, 0.6) is 0 Å². The molecule has 2 amide bonds. The Morgan fingerprint density at radius 2 is 1.93 bits per heavy atom. The van der Waals surface area contributed by atoms with Crippen molar-refractivity contribution in [3.8, 4) is 0 Å². The molecule has 7 nitrogen and oxygen atoms in total. The molecule has 147 valence electrons. The fourth-order valence-electron chi connectivity index (χ4n) is 3.51. The van der Waals surface area contributed by atoms with E-state index >= 15 is 0 Å². The van der Waals surface area contributed by atoms with Crippen molar-refractivity contribution >= 4 is 19.5 Å². The minimum Gasteiger partial charge on any atom is -0.429 e. The Labute approximate surface area is 161 Å². The third kappa shape index (κ3) is 6.05. The Bertz CT molecular complexity index is 594. The summed E-state index contributed by atoms with van der Waals surface area (Å²) < 4.78 is 5.05. The van der Waals surface area contributed by atoms with Crippen molar-refractivity contribution in [2.45, 2.75) is 51.2 Å². The molecule has 1 aromatic rings. The Morgan fingerprint density at radius 3 is 2.56 bits per heavy atom. The first-order valence-corrected chi connectivity index (χ1v) is 9.57.